The number of nitrogens with one attached hydrogen (secondary N) is 1. The van der Waals surface area contributed by atoms with Gasteiger partial charge < -0.3 is 15.0 Å². The number of carbonyl (C=O) groups is 1. The summed E-state index contributed by atoms with van der Waals surface area (Å²) < 4.78 is 5.19. The predicted octanol–water partition coefficient (Wildman–Crippen LogP) is 0.519. The van der Waals surface area contributed by atoms with Gasteiger partial charge in [0.05, 0.1) is 13.2 Å². The van der Waals surface area contributed by atoms with Crippen LogP contribution in [0.4, 0.5) is 5.82 Å². The molecule has 1 N–H and O–H groups in total. The van der Waals surface area contributed by atoms with E-state index in [4.69, 9.17) is 4.74 Å². The van der Waals surface area contributed by atoms with Crippen LogP contribution >= 0.6 is 0 Å². The summed E-state index contributed by atoms with van der Waals surface area (Å²) >= 11 is 0. The first-order chi connectivity index (χ1) is 11.0. The van der Waals surface area contributed by atoms with Crippen molar-refractivity contribution in [1.29, 1.82) is 0 Å². The molecule has 3 rings (SSSR count). The van der Waals surface area contributed by atoms with Gasteiger partial charge in [0.15, 0.2) is 0 Å². The number of ether oxygens (including phenoxy) is 1. The molecule has 0 bridgehead atoms. The van der Waals surface area contributed by atoms with Crippen LogP contribution in [-0.2, 0) is 4.79 Å². The Morgan fingerprint density at radius 2 is 2.17 bits per heavy atom. The van der Waals surface area contributed by atoms with Crippen LogP contribution in [0.15, 0.2) is 12.4 Å². The molecule has 1 amide bonds. The summed E-state index contributed by atoms with van der Waals surface area (Å²) in [5.41, 5.74) is 0. The SMILES string of the molecule is CNC(=O)[C@H]1CC2CN(c3cc(OC)ncn3)CC2N1C(C)C. The van der Waals surface area contributed by atoms with Gasteiger partial charge in [-0.15, -0.1) is 0 Å². The third-order valence-corrected chi connectivity index (χ3v) is 4.98. The lowest BCUT2D eigenvalue weighted by Gasteiger charge is -2.33. The van der Waals surface area contributed by atoms with Crippen molar-refractivity contribution in [1.82, 2.24) is 20.2 Å². The van der Waals surface area contributed by atoms with Gasteiger partial charge in [-0.1, -0.05) is 0 Å². The van der Waals surface area contributed by atoms with Gasteiger partial charge in [-0.2, -0.15) is 0 Å². The minimum Gasteiger partial charge on any atom is -0.481 e. The number of amides is 1. The summed E-state index contributed by atoms with van der Waals surface area (Å²) in [7, 11) is 3.33. The van der Waals surface area contributed by atoms with Crippen LogP contribution < -0.4 is 15.0 Å². The van der Waals surface area contributed by atoms with Crippen LogP contribution in [0.3, 0.4) is 0 Å². The van der Waals surface area contributed by atoms with Crippen molar-refractivity contribution in [3.05, 3.63) is 12.4 Å². The number of rotatable bonds is 4. The Balaban J connectivity index is 1.78. The highest BCUT2D eigenvalue weighted by Gasteiger charge is 2.49. The van der Waals surface area contributed by atoms with Crippen molar-refractivity contribution in [2.24, 2.45) is 5.92 Å². The normalized spacial score (nSPS) is 27.3. The smallest absolute Gasteiger partial charge is 0.237 e. The van der Waals surface area contributed by atoms with E-state index in [1.807, 2.05) is 6.07 Å². The number of fused-ring (bicyclic) bond motifs is 1. The number of likely N-dealkylation sites (tertiary alicyclic amines) is 1. The lowest BCUT2D eigenvalue weighted by atomic mass is 10.0. The molecule has 2 fully saturated rings. The first kappa shape index (κ1) is 16.0. The molecule has 0 radical (unpaired) electrons. The monoisotopic (exact) mass is 319 g/mol. The number of methoxy groups -OCH3 is 1. The van der Waals surface area contributed by atoms with E-state index in [2.05, 4.69) is 38.9 Å². The second-order valence-corrected chi connectivity index (χ2v) is 6.56. The van der Waals surface area contributed by atoms with Crippen molar-refractivity contribution in [2.45, 2.75) is 38.4 Å². The zero-order valence-electron chi connectivity index (χ0n) is 14.2. The van der Waals surface area contributed by atoms with Gasteiger partial charge >= 0.3 is 0 Å². The van der Waals surface area contributed by atoms with Crippen LogP contribution in [0.5, 0.6) is 5.88 Å². The average molecular weight is 319 g/mol. The molecule has 2 aliphatic rings. The third kappa shape index (κ3) is 2.85. The molecule has 3 atom stereocenters. The van der Waals surface area contributed by atoms with Crippen molar-refractivity contribution >= 4 is 11.7 Å². The van der Waals surface area contributed by atoms with Crippen molar-refractivity contribution < 1.29 is 9.53 Å². The zero-order valence-corrected chi connectivity index (χ0v) is 14.2. The standard InChI is InChI=1S/C16H25N5O2/c1-10(2)21-12(16(22)17-3)5-11-7-20(8-13(11)21)14-6-15(23-4)19-9-18-14/h6,9-13H,5,7-8H2,1-4H3,(H,17,22)/t11?,12-,13?/m1/s1. The van der Waals surface area contributed by atoms with E-state index in [0.29, 0.717) is 23.9 Å². The Morgan fingerprint density at radius 3 is 2.83 bits per heavy atom. The molecular weight excluding hydrogens is 294 g/mol. The first-order valence-corrected chi connectivity index (χ1v) is 8.15. The van der Waals surface area contributed by atoms with Crippen LogP contribution in [0.1, 0.15) is 20.3 Å². The summed E-state index contributed by atoms with van der Waals surface area (Å²) in [6.45, 7) is 6.13. The van der Waals surface area contributed by atoms with Gasteiger partial charge in [0.1, 0.15) is 12.1 Å². The third-order valence-electron chi connectivity index (χ3n) is 4.98. The highest BCUT2D eigenvalue weighted by Crippen LogP contribution is 2.38. The second-order valence-electron chi connectivity index (χ2n) is 6.56. The zero-order chi connectivity index (χ0) is 16.6. The molecule has 2 unspecified atom stereocenters. The van der Waals surface area contributed by atoms with Gasteiger partial charge in [0.2, 0.25) is 11.8 Å². The molecule has 2 aliphatic heterocycles. The summed E-state index contributed by atoms with van der Waals surface area (Å²) in [6.07, 6.45) is 2.44. The summed E-state index contributed by atoms with van der Waals surface area (Å²) in [5.74, 6) is 2.09. The Labute approximate surface area is 137 Å². The number of hydrogen-bond donors (Lipinski definition) is 1. The largest absolute Gasteiger partial charge is 0.481 e. The summed E-state index contributed by atoms with van der Waals surface area (Å²) in [4.78, 5) is 25.3. The fraction of sp³-hybridized carbons (Fsp3) is 0.688. The minimum atomic E-state index is -0.0166. The molecule has 3 heterocycles. The maximum absolute atomic E-state index is 12.2. The van der Waals surface area contributed by atoms with Crippen LogP contribution in [0, 0.1) is 5.92 Å². The molecule has 23 heavy (non-hydrogen) atoms. The fourth-order valence-corrected chi connectivity index (χ4v) is 4.02. The molecule has 0 aliphatic carbocycles. The van der Waals surface area contributed by atoms with Gasteiger partial charge in [-0.05, 0) is 26.2 Å². The summed E-state index contributed by atoms with van der Waals surface area (Å²) in [6, 6.07) is 2.58. The van der Waals surface area contributed by atoms with Crippen molar-refractivity contribution in [2.75, 3.05) is 32.1 Å². The van der Waals surface area contributed by atoms with Gasteiger partial charge in [0.25, 0.3) is 0 Å². The van der Waals surface area contributed by atoms with Gasteiger partial charge in [0, 0.05) is 38.3 Å². The quantitative estimate of drug-likeness (QED) is 0.872. The number of hydrogen-bond acceptors (Lipinski definition) is 6. The maximum atomic E-state index is 12.2. The van der Waals surface area contributed by atoms with E-state index in [1.54, 1.807) is 14.2 Å². The highest BCUT2D eigenvalue weighted by molar-refractivity contribution is 5.82. The van der Waals surface area contributed by atoms with Crippen molar-refractivity contribution in [3.63, 3.8) is 0 Å². The second kappa shape index (κ2) is 6.31. The Kier molecular flexibility index (Phi) is 4.39. The predicted molar refractivity (Wildman–Crippen MR) is 87.5 cm³/mol. The van der Waals surface area contributed by atoms with Crippen LogP contribution in [0.2, 0.25) is 0 Å². The van der Waals surface area contributed by atoms with Gasteiger partial charge in [-0.3, -0.25) is 9.69 Å². The van der Waals surface area contributed by atoms with Gasteiger partial charge in [-0.25, -0.2) is 9.97 Å². The van der Waals surface area contributed by atoms with E-state index >= 15 is 0 Å². The molecule has 0 saturated carbocycles. The fourth-order valence-electron chi connectivity index (χ4n) is 4.02. The topological polar surface area (TPSA) is 70.6 Å². The van der Waals surface area contributed by atoms with E-state index < -0.39 is 0 Å². The number of carbonyl (C=O) groups excluding carboxylic acids is 1. The Bertz CT molecular complexity index is 579. The van der Waals surface area contributed by atoms with E-state index in [1.165, 1.54) is 6.33 Å². The van der Waals surface area contributed by atoms with E-state index in [9.17, 15) is 4.79 Å². The molecular formula is C16H25N5O2. The molecule has 0 aromatic carbocycles. The van der Waals surface area contributed by atoms with Crippen LogP contribution in [-0.4, -0.2) is 66.1 Å². The minimum absolute atomic E-state index is 0.0166. The van der Waals surface area contributed by atoms with Crippen molar-refractivity contribution in [3.8, 4) is 5.88 Å². The average Bonchev–Trinajstić information content (AvgIpc) is 3.11. The number of likely N-dealkylation sites (N-methyl/N-ethyl adjacent to an activating group) is 1. The molecule has 1 aromatic rings. The molecule has 1 aromatic heterocycles. The van der Waals surface area contributed by atoms with Crippen LogP contribution in [0.25, 0.3) is 0 Å². The lowest BCUT2D eigenvalue weighted by Crippen LogP contribution is -2.50. The lowest BCUT2D eigenvalue weighted by molar-refractivity contribution is -0.126. The summed E-state index contributed by atoms with van der Waals surface area (Å²) in [5, 5.41) is 2.81. The highest BCUT2D eigenvalue weighted by atomic mass is 16.5. The maximum Gasteiger partial charge on any atom is 0.237 e. The molecule has 7 heteroatoms. The molecule has 2 saturated heterocycles. The molecule has 126 valence electrons. The number of aromatic nitrogens is 2. The Hall–Kier alpha value is -1.89. The molecule has 7 nitrogen and oxygen atoms in total. The first-order valence-electron chi connectivity index (χ1n) is 8.15. The Morgan fingerprint density at radius 1 is 1.39 bits per heavy atom. The number of nitrogens with zero attached hydrogens (tertiary/aromatic N) is 4. The molecule has 0 spiro atoms. The number of anilines is 1. The van der Waals surface area contributed by atoms with E-state index in [-0.39, 0.29) is 11.9 Å². The van der Waals surface area contributed by atoms with E-state index in [0.717, 1.165) is 25.3 Å².